The van der Waals surface area contributed by atoms with Crippen LogP contribution < -0.4 is 10.2 Å². The summed E-state index contributed by atoms with van der Waals surface area (Å²) in [5.41, 5.74) is 1.76. The van der Waals surface area contributed by atoms with Gasteiger partial charge in [0.05, 0.1) is 5.56 Å². The average molecular weight is 381 g/mol. The number of rotatable bonds is 5. The third-order valence-corrected chi connectivity index (χ3v) is 3.91. The smallest absolute Gasteiger partial charge is 0.416 e. The minimum absolute atomic E-state index is 0.0224. The number of carbonyl (C=O) groups is 1. The SMILES string of the molecule is O=C(NOC1CCCCO1)c1cccc(Oc2cccc(C(F)(F)F)c2)c1. The van der Waals surface area contributed by atoms with E-state index < -0.39 is 23.9 Å². The van der Waals surface area contributed by atoms with E-state index in [4.69, 9.17) is 14.3 Å². The maximum atomic E-state index is 12.8. The van der Waals surface area contributed by atoms with Gasteiger partial charge in [0.25, 0.3) is 5.91 Å². The molecular weight excluding hydrogens is 363 g/mol. The Kier molecular flexibility index (Phi) is 5.98. The van der Waals surface area contributed by atoms with Gasteiger partial charge in [-0.25, -0.2) is 10.3 Å². The molecule has 0 bridgehead atoms. The van der Waals surface area contributed by atoms with Crippen molar-refractivity contribution in [1.29, 1.82) is 0 Å². The third kappa shape index (κ3) is 5.45. The van der Waals surface area contributed by atoms with Gasteiger partial charge in [0, 0.05) is 18.6 Å². The van der Waals surface area contributed by atoms with Crippen molar-refractivity contribution >= 4 is 5.91 Å². The topological polar surface area (TPSA) is 56.8 Å². The lowest BCUT2D eigenvalue weighted by Crippen LogP contribution is -2.33. The van der Waals surface area contributed by atoms with Gasteiger partial charge in [-0.2, -0.15) is 13.2 Å². The summed E-state index contributed by atoms with van der Waals surface area (Å²) >= 11 is 0. The molecule has 2 aromatic rings. The van der Waals surface area contributed by atoms with E-state index >= 15 is 0 Å². The van der Waals surface area contributed by atoms with E-state index in [1.807, 2.05) is 0 Å². The van der Waals surface area contributed by atoms with Crippen LogP contribution in [-0.4, -0.2) is 18.8 Å². The van der Waals surface area contributed by atoms with E-state index in [1.54, 1.807) is 18.2 Å². The van der Waals surface area contributed by atoms with Crippen LogP contribution in [0.1, 0.15) is 35.2 Å². The zero-order valence-electron chi connectivity index (χ0n) is 14.3. The lowest BCUT2D eigenvalue weighted by atomic mass is 10.2. The molecule has 1 aliphatic heterocycles. The van der Waals surface area contributed by atoms with E-state index in [0.717, 1.165) is 25.0 Å². The second-order valence-corrected chi connectivity index (χ2v) is 6.00. The Morgan fingerprint density at radius 3 is 2.52 bits per heavy atom. The number of halogens is 3. The lowest BCUT2D eigenvalue weighted by Gasteiger charge is -2.22. The van der Waals surface area contributed by atoms with Crippen molar-refractivity contribution in [1.82, 2.24) is 5.48 Å². The number of nitrogens with one attached hydrogen (secondary N) is 1. The first-order valence-corrected chi connectivity index (χ1v) is 8.44. The van der Waals surface area contributed by atoms with E-state index in [9.17, 15) is 18.0 Å². The van der Waals surface area contributed by atoms with Crippen molar-refractivity contribution < 1.29 is 32.3 Å². The molecular formula is C19H18F3NO4. The highest BCUT2D eigenvalue weighted by molar-refractivity contribution is 5.93. The van der Waals surface area contributed by atoms with Gasteiger partial charge in [0.2, 0.25) is 0 Å². The molecule has 0 spiro atoms. The van der Waals surface area contributed by atoms with Gasteiger partial charge >= 0.3 is 6.18 Å². The van der Waals surface area contributed by atoms with E-state index in [1.165, 1.54) is 18.2 Å². The van der Waals surface area contributed by atoms with Crippen LogP contribution in [0.15, 0.2) is 48.5 Å². The summed E-state index contributed by atoms with van der Waals surface area (Å²) in [7, 11) is 0. The van der Waals surface area contributed by atoms with Gasteiger partial charge in [-0.3, -0.25) is 4.79 Å². The van der Waals surface area contributed by atoms with Gasteiger partial charge in [0.15, 0.2) is 6.29 Å². The Labute approximate surface area is 154 Å². The number of alkyl halides is 3. The fourth-order valence-corrected chi connectivity index (χ4v) is 2.56. The maximum absolute atomic E-state index is 12.8. The Morgan fingerprint density at radius 1 is 1.07 bits per heavy atom. The third-order valence-electron chi connectivity index (χ3n) is 3.91. The first kappa shape index (κ1) is 19.2. The fourth-order valence-electron chi connectivity index (χ4n) is 2.56. The Bertz CT molecular complexity index is 789. The Balaban J connectivity index is 1.64. The molecule has 1 aliphatic rings. The maximum Gasteiger partial charge on any atom is 0.416 e. The number of hydroxylamine groups is 1. The molecule has 0 radical (unpaired) electrons. The summed E-state index contributed by atoms with van der Waals surface area (Å²) in [5, 5.41) is 0. The van der Waals surface area contributed by atoms with Gasteiger partial charge in [-0.15, -0.1) is 0 Å². The fraction of sp³-hybridized carbons (Fsp3) is 0.316. The predicted octanol–water partition coefficient (Wildman–Crippen LogP) is 4.69. The number of amides is 1. The summed E-state index contributed by atoms with van der Waals surface area (Å²) in [6, 6.07) is 10.6. The highest BCUT2D eigenvalue weighted by atomic mass is 19.4. The molecule has 1 saturated heterocycles. The van der Waals surface area contributed by atoms with E-state index in [2.05, 4.69) is 5.48 Å². The Hall–Kier alpha value is -2.58. The molecule has 1 fully saturated rings. The van der Waals surface area contributed by atoms with Gasteiger partial charge in [-0.1, -0.05) is 12.1 Å². The van der Waals surface area contributed by atoms with Crippen LogP contribution in [0.3, 0.4) is 0 Å². The van der Waals surface area contributed by atoms with Crippen LogP contribution in [0.4, 0.5) is 13.2 Å². The number of benzene rings is 2. The van der Waals surface area contributed by atoms with Gasteiger partial charge in [-0.05, 0) is 49.2 Å². The lowest BCUT2D eigenvalue weighted by molar-refractivity contribution is -0.186. The molecule has 0 aliphatic carbocycles. The number of hydrogen-bond acceptors (Lipinski definition) is 4. The van der Waals surface area contributed by atoms with Crippen LogP contribution in [0.25, 0.3) is 0 Å². The standard InChI is InChI=1S/C19H18F3NO4/c20-19(21,22)14-6-4-8-16(12-14)26-15-7-3-5-13(11-15)18(24)23-27-17-9-1-2-10-25-17/h3-8,11-12,17H,1-2,9-10H2,(H,23,24). The van der Waals surface area contributed by atoms with Crippen molar-refractivity contribution in [3.05, 3.63) is 59.7 Å². The summed E-state index contributed by atoms with van der Waals surface area (Å²) < 4.78 is 49.2. The van der Waals surface area contributed by atoms with Gasteiger partial charge < -0.3 is 9.47 Å². The summed E-state index contributed by atoms with van der Waals surface area (Å²) in [6.07, 6.45) is -2.32. The minimum atomic E-state index is -4.46. The van der Waals surface area contributed by atoms with Crippen molar-refractivity contribution in [3.8, 4) is 11.5 Å². The molecule has 3 rings (SSSR count). The van der Waals surface area contributed by atoms with Crippen LogP contribution in [0.2, 0.25) is 0 Å². The highest BCUT2D eigenvalue weighted by Crippen LogP contribution is 2.32. The van der Waals surface area contributed by atoms with E-state index in [-0.39, 0.29) is 17.1 Å². The summed E-state index contributed by atoms with van der Waals surface area (Å²) in [5.74, 6) is -0.246. The van der Waals surface area contributed by atoms with Crippen LogP contribution in [0.5, 0.6) is 11.5 Å². The van der Waals surface area contributed by atoms with Crippen molar-refractivity contribution in [2.24, 2.45) is 0 Å². The molecule has 1 heterocycles. The van der Waals surface area contributed by atoms with Crippen LogP contribution in [-0.2, 0) is 15.8 Å². The first-order valence-electron chi connectivity index (χ1n) is 8.44. The second-order valence-electron chi connectivity index (χ2n) is 6.00. The monoisotopic (exact) mass is 381 g/mol. The zero-order valence-corrected chi connectivity index (χ0v) is 14.3. The number of ether oxygens (including phenoxy) is 2. The quantitative estimate of drug-likeness (QED) is 0.764. The molecule has 1 unspecified atom stereocenters. The summed E-state index contributed by atoms with van der Waals surface area (Å²) in [4.78, 5) is 17.4. The zero-order chi connectivity index (χ0) is 19.3. The van der Waals surface area contributed by atoms with Crippen molar-refractivity contribution in [3.63, 3.8) is 0 Å². The first-order chi connectivity index (χ1) is 12.9. The molecule has 0 aromatic heterocycles. The van der Waals surface area contributed by atoms with Crippen molar-refractivity contribution in [2.75, 3.05) is 6.61 Å². The van der Waals surface area contributed by atoms with Crippen molar-refractivity contribution in [2.45, 2.75) is 31.7 Å². The summed E-state index contributed by atoms with van der Waals surface area (Å²) in [6.45, 7) is 0.584. The average Bonchev–Trinajstić information content (AvgIpc) is 2.67. The molecule has 1 atom stereocenters. The van der Waals surface area contributed by atoms with E-state index in [0.29, 0.717) is 13.0 Å². The number of carbonyl (C=O) groups excluding carboxylic acids is 1. The largest absolute Gasteiger partial charge is 0.457 e. The molecule has 8 heteroatoms. The Morgan fingerprint density at radius 2 is 1.81 bits per heavy atom. The molecule has 2 aromatic carbocycles. The molecule has 5 nitrogen and oxygen atoms in total. The minimum Gasteiger partial charge on any atom is -0.457 e. The number of hydrogen-bond donors (Lipinski definition) is 1. The molecule has 1 amide bonds. The molecule has 1 N–H and O–H groups in total. The molecule has 27 heavy (non-hydrogen) atoms. The van der Waals surface area contributed by atoms with Crippen LogP contribution >= 0.6 is 0 Å². The van der Waals surface area contributed by atoms with Crippen LogP contribution in [0, 0.1) is 0 Å². The second kappa shape index (κ2) is 8.41. The predicted molar refractivity (Wildman–Crippen MR) is 90.1 cm³/mol. The van der Waals surface area contributed by atoms with Gasteiger partial charge in [0.1, 0.15) is 11.5 Å². The molecule has 0 saturated carbocycles. The molecule has 144 valence electrons. The normalized spacial score (nSPS) is 17.4. The highest BCUT2D eigenvalue weighted by Gasteiger charge is 2.30.